The van der Waals surface area contributed by atoms with E-state index in [0.29, 0.717) is 24.2 Å². The van der Waals surface area contributed by atoms with E-state index in [1.807, 2.05) is 0 Å². The first-order valence-corrected chi connectivity index (χ1v) is 15.1. The van der Waals surface area contributed by atoms with E-state index in [2.05, 4.69) is 47.6 Å². The zero-order valence-corrected chi connectivity index (χ0v) is 22.7. The van der Waals surface area contributed by atoms with Crippen molar-refractivity contribution in [3.05, 3.63) is 11.6 Å². The van der Waals surface area contributed by atoms with Gasteiger partial charge in [-0.05, 0) is 104 Å². The van der Waals surface area contributed by atoms with Crippen LogP contribution in [0.4, 0.5) is 0 Å². The Morgan fingerprint density at radius 1 is 1.03 bits per heavy atom. The van der Waals surface area contributed by atoms with Gasteiger partial charge in [-0.3, -0.25) is 4.55 Å². The molecule has 33 heavy (non-hydrogen) atoms. The molecule has 0 aromatic carbocycles. The standard InChI is InChI=1S/C28H48O4S/c1-18(2)19(3)7-8-20(4)24-11-12-25-23-10-9-21-17-22(32-33(29,30)31)13-15-27(21,5)26(23)14-16-28(24,25)6/h9,18-20,22-26H,7-8,10-17H2,1-6H3,(H,29,30,31). The van der Waals surface area contributed by atoms with E-state index < -0.39 is 16.5 Å². The predicted molar refractivity (Wildman–Crippen MR) is 134 cm³/mol. The molecule has 3 fully saturated rings. The molecule has 0 amide bonds. The third-order valence-electron chi connectivity index (χ3n) is 11.3. The molecule has 0 radical (unpaired) electrons. The Morgan fingerprint density at radius 2 is 1.76 bits per heavy atom. The molecule has 4 rings (SSSR count). The quantitative estimate of drug-likeness (QED) is 0.303. The van der Waals surface area contributed by atoms with Crippen LogP contribution >= 0.6 is 0 Å². The highest BCUT2D eigenvalue weighted by Gasteiger charge is 2.59. The van der Waals surface area contributed by atoms with Gasteiger partial charge in [0.25, 0.3) is 0 Å². The molecule has 0 heterocycles. The van der Waals surface area contributed by atoms with Crippen LogP contribution in [0.25, 0.3) is 0 Å². The van der Waals surface area contributed by atoms with Crippen molar-refractivity contribution in [3.63, 3.8) is 0 Å². The minimum Gasteiger partial charge on any atom is -0.264 e. The summed E-state index contributed by atoms with van der Waals surface area (Å²) in [4.78, 5) is 0. The van der Waals surface area contributed by atoms with Gasteiger partial charge in [-0.15, -0.1) is 0 Å². The molecule has 0 aromatic rings. The zero-order valence-electron chi connectivity index (χ0n) is 21.8. The Kier molecular flexibility index (Phi) is 7.20. The van der Waals surface area contributed by atoms with Crippen LogP contribution in [0.5, 0.6) is 0 Å². The first kappa shape index (κ1) is 25.7. The molecule has 1 N–H and O–H groups in total. The fourth-order valence-corrected chi connectivity index (χ4v) is 9.43. The summed E-state index contributed by atoms with van der Waals surface area (Å²) in [7, 11) is -4.38. The van der Waals surface area contributed by atoms with Gasteiger partial charge in [0.2, 0.25) is 0 Å². The molecular formula is C28H48O4S. The van der Waals surface area contributed by atoms with Crippen molar-refractivity contribution in [3.8, 4) is 0 Å². The van der Waals surface area contributed by atoms with Crippen molar-refractivity contribution < 1.29 is 17.2 Å². The van der Waals surface area contributed by atoms with E-state index in [1.165, 1.54) is 44.1 Å². The van der Waals surface area contributed by atoms with Gasteiger partial charge in [0.15, 0.2) is 0 Å². The Labute approximate surface area is 203 Å². The van der Waals surface area contributed by atoms with Crippen molar-refractivity contribution in [1.29, 1.82) is 0 Å². The van der Waals surface area contributed by atoms with Crippen molar-refractivity contribution in [2.24, 2.45) is 52.3 Å². The highest BCUT2D eigenvalue weighted by atomic mass is 32.3. The van der Waals surface area contributed by atoms with Crippen molar-refractivity contribution in [1.82, 2.24) is 0 Å². The van der Waals surface area contributed by atoms with Gasteiger partial charge in [-0.25, -0.2) is 4.18 Å². The van der Waals surface area contributed by atoms with Gasteiger partial charge in [-0.2, -0.15) is 8.42 Å². The van der Waals surface area contributed by atoms with Crippen LogP contribution in [0.3, 0.4) is 0 Å². The second-order valence-electron chi connectivity index (χ2n) is 13.2. The first-order valence-electron chi connectivity index (χ1n) is 13.7. The summed E-state index contributed by atoms with van der Waals surface area (Å²) in [5.41, 5.74) is 2.03. The lowest BCUT2D eigenvalue weighted by Crippen LogP contribution is -2.51. The Balaban J connectivity index is 1.47. The van der Waals surface area contributed by atoms with Gasteiger partial charge in [-0.1, -0.05) is 66.0 Å². The Morgan fingerprint density at radius 3 is 2.42 bits per heavy atom. The molecule has 4 nitrogen and oxygen atoms in total. The van der Waals surface area contributed by atoms with Crippen LogP contribution in [0.1, 0.15) is 106 Å². The molecule has 190 valence electrons. The summed E-state index contributed by atoms with van der Waals surface area (Å²) in [5, 5.41) is 0. The number of fused-ring (bicyclic) bond motifs is 5. The number of allylic oxidation sites excluding steroid dienone is 1. The summed E-state index contributed by atoms with van der Waals surface area (Å²) in [6.45, 7) is 14.7. The lowest BCUT2D eigenvalue weighted by molar-refractivity contribution is -0.0562. The van der Waals surface area contributed by atoms with Gasteiger partial charge < -0.3 is 0 Å². The average Bonchev–Trinajstić information content (AvgIpc) is 3.08. The molecule has 0 aromatic heterocycles. The second-order valence-corrected chi connectivity index (χ2v) is 14.2. The number of rotatable bonds is 7. The highest BCUT2D eigenvalue weighted by Crippen LogP contribution is 2.67. The fourth-order valence-electron chi connectivity index (χ4n) is 8.92. The maximum Gasteiger partial charge on any atom is 0.397 e. The van der Waals surface area contributed by atoms with Gasteiger partial charge in [0.05, 0.1) is 6.10 Å². The van der Waals surface area contributed by atoms with Crippen LogP contribution < -0.4 is 0 Å². The molecule has 0 saturated heterocycles. The van der Waals surface area contributed by atoms with Crippen LogP contribution in [-0.4, -0.2) is 19.1 Å². The molecular weight excluding hydrogens is 432 g/mol. The summed E-state index contributed by atoms with van der Waals surface area (Å²) < 4.78 is 36.6. The zero-order chi connectivity index (χ0) is 24.2. The van der Waals surface area contributed by atoms with Gasteiger partial charge in [0, 0.05) is 0 Å². The third-order valence-corrected chi connectivity index (χ3v) is 11.8. The molecule has 4 aliphatic rings. The third kappa shape index (κ3) is 4.85. The highest BCUT2D eigenvalue weighted by molar-refractivity contribution is 7.80. The maximum atomic E-state index is 11.2. The normalized spacial score (nSPS) is 42.8. The second kappa shape index (κ2) is 9.24. The van der Waals surface area contributed by atoms with E-state index in [4.69, 9.17) is 8.74 Å². The topological polar surface area (TPSA) is 63.6 Å². The van der Waals surface area contributed by atoms with Crippen molar-refractivity contribution in [2.45, 2.75) is 112 Å². The largest absolute Gasteiger partial charge is 0.397 e. The maximum absolute atomic E-state index is 11.2. The summed E-state index contributed by atoms with van der Waals surface area (Å²) in [6.07, 6.45) is 13.7. The summed E-state index contributed by atoms with van der Waals surface area (Å²) in [5.74, 6) is 5.57. The Bertz CT molecular complexity index is 848. The SMILES string of the molecule is CC(C)C(C)CCC(C)C1CCC2C3CC=C4CC(OS(=O)(=O)O)CCC4(C)C3CCC12C. The minimum absolute atomic E-state index is 0.166. The minimum atomic E-state index is -4.38. The van der Waals surface area contributed by atoms with Crippen LogP contribution in [0, 0.1) is 52.3 Å². The van der Waals surface area contributed by atoms with E-state index in [0.717, 1.165) is 48.3 Å². The number of hydrogen-bond acceptors (Lipinski definition) is 3. The molecule has 0 aliphatic heterocycles. The van der Waals surface area contributed by atoms with Crippen LogP contribution in [0.2, 0.25) is 0 Å². The number of hydrogen-bond donors (Lipinski definition) is 1. The van der Waals surface area contributed by atoms with Crippen molar-refractivity contribution >= 4 is 10.4 Å². The smallest absolute Gasteiger partial charge is 0.264 e. The molecule has 0 spiro atoms. The van der Waals surface area contributed by atoms with Crippen molar-refractivity contribution in [2.75, 3.05) is 0 Å². The lowest BCUT2D eigenvalue weighted by Gasteiger charge is -2.58. The molecule has 9 unspecified atom stereocenters. The van der Waals surface area contributed by atoms with Crippen LogP contribution in [0.15, 0.2) is 11.6 Å². The molecule has 5 heteroatoms. The molecule has 9 atom stereocenters. The fraction of sp³-hybridized carbons (Fsp3) is 0.929. The average molecular weight is 481 g/mol. The summed E-state index contributed by atoms with van der Waals surface area (Å²) in [6, 6.07) is 0. The van der Waals surface area contributed by atoms with E-state index in [9.17, 15) is 8.42 Å². The molecule has 0 bridgehead atoms. The van der Waals surface area contributed by atoms with Gasteiger partial charge >= 0.3 is 10.4 Å². The first-order chi connectivity index (χ1) is 15.3. The van der Waals surface area contributed by atoms with Crippen LogP contribution in [-0.2, 0) is 14.6 Å². The molecule has 3 saturated carbocycles. The van der Waals surface area contributed by atoms with E-state index >= 15 is 0 Å². The Hall–Kier alpha value is -0.390. The monoisotopic (exact) mass is 480 g/mol. The lowest BCUT2D eigenvalue weighted by atomic mass is 9.47. The summed E-state index contributed by atoms with van der Waals surface area (Å²) >= 11 is 0. The predicted octanol–water partition coefficient (Wildman–Crippen LogP) is 7.46. The van der Waals surface area contributed by atoms with E-state index in [1.54, 1.807) is 0 Å². The van der Waals surface area contributed by atoms with E-state index in [-0.39, 0.29) is 5.41 Å². The van der Waals surface area contributed by atoms with Gasteiger partial charge in [0.1, 0.15) is 0 Å². The molecule has 4 aliphatic carbocycles.